The molecule has 1 aromatic heterocycles. The largest absolute Gasteiger partial charge is 0.337 e. The van der Waals surface area contributed by atoms with Crippen LogP contribution in [0.2, 0.25) is 0 Å². The van der Waals surface area contributed by atoms with Gasteiger partial charge >= 0.3 is 0 Å². The highest BCUT2D eigenvalue weighted by Gasteiger charge is 2.27. The predicted molar refractivity (Wildman–Crippen MR) is 97.7 cm³/mol. The van der Waals surface area contributed by atoms with Crippen LogP contribution in [0.1, 0.15) is 22.9 Å². The van der Waals surface area contributed by atoms with E-state index in [2.05, 4.69) is 22.5 Å². The number of carbonyl (C=O) groups excluding carboxylic acids is 1. The van der Waals surface area contributed by atoms with Crippen molar-refractivity contribution in [1.29, 1.82) is 0 Å². The molecule has 1 amide bonds. The summed E-state index contributed by atoms with van der Waals surface area (Å²) in [6.07, 6.45) is 1.84. The Hall–Kier alpha value is -1.59. The number of thioether (sulfide) groups is 1. The van der Waals surface area contributed by atoms with Gasteiger partial charge in [0.15, 0.2) is 0 Å². The van der Waals surface area contributed by atoms with Gasteiger partial charge in [-0.2, -0.15) is 0 Å². The lowest BCUT2D eigenvalue weighted by Gasteiger charge is -2.29. The topological polar surface area (TPSA) is 32.7 Å². The fourth-order valence-electron chi connectivity index (χ4n) is 3.12. The molecule has 3 heterocycles. The lowest BCUT2D eigenvalue weighted by atomic mass is 10.1. The summed E-state index contributed by atoms with van der Waals surface area (Å²) in [5.74, 6) is 0.227. The first-order valence-corrected chi connectivity index (χ1v) is 9.63. The highest BCUT2D eigenvalue weighted by Crippen LogP contribution is 2.32. The highest BCUT2D eigenvalue weighted by molar-refractivity contribution is 8.15. The Balaban J connectivity index is 1.40. The third-order valence-electron chi connectivity index (χ3n) is 4.36. The summed E-state index contributed by atoms with van der Waals surface area (Å²) >= 11 is 3.41. The van der Waals surface area contributed by atoms with Crippen LogP contribution in [0.4, 0.5) is 5.69 Å². The number of hydrogen-bond acceptors (Lipinski definition) is 4. The van der Waals surface area contributed by atoms with Gasteiger partial charge in [0.05, 0.1) is 16.0 Å². The fraction of sp³-hybridized carbons (Fsp3) is 0.333. The van der Waals surface area contributed by atoms with Crippen LogP contribution in [-0.2, 0) is 24.2 Å². The van der Waals surface area contributed by atoms with E-state index in [-0.39, 0.29) is 11.2 Å². The fourth-order valence-corrected chi connectivity index (χ4v) is 5.06. The van der Waals surface area contributed by atoms with Crippen LogP contribution in [0.15, 0.2) is 40.7 Å². The molecule has 0 saturated heterocycles. The molecule has 5 heteroatoms. The lowest BCUT2D eigenvalue weighted by Crippen LogP contribution is -2.40. The maximum Gasteiger partial charge on any atom is 0.236 e. The Kier molecular flexibility index (Phi) is 3.99. The van der Waals surface area contributed by atoms with Gasteiger partial charge in [-0.3, -0.25) is 4.79 Å². The second kappa shape index (κ2) is 6.13. The summed E-state index contributed by atoms with van der Waals surface area (Å²) in [5.41, 5.74) is 3.63. The van der Waals surface area contributed by atoms with Gasteiger partial charge in [-0.15, -0.1) is 11.3 Å². The maximum atomic E-state index is 12.7. The van der Waals surface area contributed by atoms with Crippen molar-refractivity contribution in [3.63, 3.8) is 0 Å². The summed E-state index contributed by atoms with van der Waals surface area (Å²) in [6.45, 7) is 3.60. The minimum Gasteiger partial charge on any atom is -0.337 e. The van der Waals surface area contributed by atoms with Crippen molar-refractivity contribution in [3.8, 4) is 0 Å². The molecule has 118 valence electrons. The van der Waals surface area contributed by atoms with E-state index in [1.54, 1.807) is 23.1 Å². The van der Waals surface area contributed by atoms with Crippen molar-refractivity contribution in [2.24, 2.45) is 4.99 Å². The zero-order valence-corrected chi connectivity index (χ0v) is 14.6. The first-order chi connectivity index (χ1) is 11.2. The van der Waals surface area contributed by atoms with Crippen LogP contribution >= 0.6 is 23.1 Å². The number of aliphatic imine (C=N–C) groups is 1. The van der Waals surface area contributed by atoms with Crippen LogP contribution in [0.25, 0.3) is 0 Å². The number of fused-ring (bicyclic) bond motifs is 2. The molecule has 0 radical (unpaired) electrons. The zero-order valence-electron chi connectivity index (χ0n) is 13.0. The Labute approximate surface area is 144 Å². The lowest BCUT2D eigenvalue weighted by molar-refractivity contribution is -0.131. The quantitative estimate of drug-likeness (QED) is 0.825. The van der Waals surface area contributed by atoms with Gasteiger partial charge in [0, 0.05) is 24.4 Å². The summed E-state index contributed by atoms with van der Waals surface area (Å²) in [7, 11) is 0. The second-order valence-corrected chi connectivity index (χ2v) is 8.36. The molecular weight excluding hydrogens is 324 g/mol. The van der Waals surface area contributed by atoms with Gasteiger partial charge in [0.1, 0.15) is 0 Å². The first-order valence-electron chi connectivity index (χ1n) is 7.87. The third-order valence-corrected chi connectivity index (χ3v) is 6.44. The maximum absolute atomic E-state index is 12.7. The van der Waals surface area contributed by atoms with E-state index in [1.807, 2.05) is 30.0 Å². The third kappa shape index (κ3) is 2.95. The molecule has 3 nitrogen and oxygen atoms in total. The van der Waals surface area contributed by atoms with Crippen LogP contribution in [0.3, 0.4) is 0 Å². The molecule has 1 atom stereocenters. The van der Waals surface area contributed by atoms with Gasteiger partial charge in [0.25, 0.3) is 0 Å². The highest BCUT2D eigenvalue weighted by atomic mass is 32.2. The Morgan fingerprint density at radius 2 is 2.17 bits per heavy atom. The van der Waals surface area contributed by atoms with Crippen molar-refractivity contribution >= 4 is 39.7 Å². The summed E-state index contributed by atoms with van der Waals surface area (Å²) in [4.78, 5) is 20.8. The Morgan fingerprint density at radius 3 is 3.04 bits per heavy atom. The SMILES string of the molecule is CC(SC1=Nc2ccccc2C1)C(=O)N1CCc2sccc2C1. The van der Waals surface area contributed by atoms with Gasteiger partial charge in [0.2, 0.25) is 5.91 Å². The molecule has 0 spiro atoms. The molecule has 2 aliphatic rings. The molecule has 0 aliphatic carbocycles. The average Bonchev–Trinajstić information content (AvgIpc) is 3.18. The number of para-hydroxylation sites is 1. The normalized spacial score (nSPS) is 17.4. The van der Waals surface area contributed by atoms with Crippen molar-refractivity contribution in [2.45, 2.75) is 31.6 Å². The molecule has 0 fully saturated rings. The van der Waals surface area contributed by atoms with Crippen molar-refractivity contribution < 1.29 is 4.79 Å². The smallest absolute Gasteiger partial charge is 0.236 e. The van der Waals surface area contributed by atoms with E-state index in [1.165, 1.54) is 16.0 Å². The van der Waals surface area contributed by atoms with E-state index in [9.17, 15) is 4.79 Å². The first kappa shape index (κ1) is 15.0. The van der Waals surface area contributed by atoms with E-state index in [0.29, 0.717) is 0 Å². The van der Waals surface area contributed by atoms with Gasteiger partial charge in [-0.25, -0.2) is 4.99 Å². The van der Waals surface area contributed by atoms with Crippen LogP contribution in [0.5, 0.6) is 0 Å². The summed E-state index contributed by atoms with van der Waals surface area (Å²) < 4.78 is 0. The number of rotatable bonds is 2. The molecule has 0 N–H and O–H groups in total. The molecule has 2 aliphatic heterocycles. The van der Waals surface area contributed by atoms with E-state index < -0.39 is 0 Å². The molecule has 2 aromatic rings. The number of hydrogen-bond donors (Lipinski definition) is 0. The van der Waals surface area contributed by atoms with Crippen molar-refractivity contribution in [2.75, 3.05) is 6.54 Å². The predicted octanol–water partition coefficient (Wildman–Crippen LogP) is 4.04. The monoisotopic (exact) mass is 342 g/mol. The van der Waals surface area contributed by atoms with E-state index in [0.717, 1.165) is 36.7 Å². The van der Waals surface area contributed by atoms with Gasteiger partial charge in [-0.1, -0.05) is 30.0 Å². The minimum absolute atomic E-state index is 0.0803. The summed E-state index contributed by atoms with van der Waals surface area (Å²) in [6, 6.07) is 10.4. The molecule has 0 bridgehead atoms. The zero-order chi connectivity index (χ0) is 15.8. The Bertz CT molecular complexity index is 781. The number of carbonyl (C=O) groups is 1. The van der Waals surface area contributed by atoms with Crippen molar-refractivity contribution in [1.82, 2.24) is 4.90 Å². The number of benzene rings is 1. The van der Waals surface area contributed by atoms with Crippen LogP contribution < -0.4 is 0 Å². The minimum atomic E-state index is -0.0803. The number of amides is 1. The van der Waals surface area contributed by atoms with Crippen LogP contribution in [0, 0.1) is 0 Å². The van der Waals surface area contributed by atoms with E-state index >= 15 is 0 Å². The van der Waals surface area contributed by atoms with Crippen LogP contribution in [-0.4, -0.2) is 27.6 Å². The molecule has 4 rings (SSSR count). The standard InChI is InChI=1S/C18H18N2OS2/c1-12(23-17-10-13-4-2-3-5-15(13)19-17)18(21)20-8-6-16-14(11-20)7-9-22-16/h2-5,7,9,12H,6,8,10-11H2,1H3. The number of thiophene rings is 1. The molecular formula is C18H18N2OS2. The summed E-state index contributed by atoms with van der Waals surface area (Å²) in [5, 5.41) is 3.10. The molecule has 1 aromatic carbocycles. The molecule has 23 heavy (non-hydrogen) atoms. The van der Waals surface area contributed by atoms with Gasteiger partial charge < -0.3 is 4.90 Å². The molecule has 0 saturated carbocycles. The number of nitrogens with zero attached hydrogens (tertiary/aromatic N) is 2. The Morgan fingerprint density at radius 1 is 1.30 bits per heavy atom. The molecule has 1 unspecified atom stereocenters. The van der Waals surface area contributed by atoms with E-state index in [4.69, 9.17) is 0 Å². The average molecular weight is 342 g/mol. The second-order valence-electron chi connectivity index (χ2n) is 5.95. The van der Waals surface area contributed by atoms with Crippen molar-refractivity contribution in [3.05, 3.63) is 51.7 Å². The van der Waals surface area contributed by atoms with Gasteiger partial charge in [-0.05, 0) is 42.0 Å².